The van der Waals surface area contributed by atoms with Gasteiger partial charge in [0.15, 0.2) is 6.29 Å². The third-order valence-corrected chi connectivity index (χ3v) is 1.94. The number of hydrogen-bond acceptors (Lipinski definition) is 5. The lowest BCUT2D eigenvalue weighted by Gasteiger charge is -2.35. The molecule has 0 saturated carbocycles. The second kappa shape index (κ2) is 4.15. The Morgan fingerprint density at radius 3 is 2.67 bits per heavy atom. The van der Waals surface area contributed by atoms with Gasteiger partial charge in [-0.2, -0.15) is 0 Å². The monoisotopic (exact) mass is 178 g/mol. The van der Waals surface area contributed by atoms with Crippen LogP contribution in [0.5, 0.6) is 0 Å². The summed E-state index contributed by atoms with van der Waals surface area (Å²) in [4.78, 5) is 0. The third-order valence-electron chi connectivity index (χ3n) is 1.94. The van der Waals surface area contributed by atoms with Gasteiger partial charge in [-0.15, -0.1) is 0 Å². The van der Waals surface area contributed by atoms with Gasteiger partial charge >= 0.3 is 0 Å². The second-order valence-corrected chi connectivity index (χ2v) is 2.84. The molecule has 72 valence electrons. The van der Waals surface area contributed by atoms with Gasteiger partial charge in [0.1, 0.15) is 6.10 Å². The minimum absolute atomic E-state index is 0.177. The Morgan fingerprint density at radius 1 is 1.50 bits per heavy atom. The summed E-state index contributed by atoms with van der Waals surface area (Å²) in [6, 6.07) is 0. The van der Waals surface area contributed by atoms with E-state index in [0.29, 0.717) is 0 Å². The van der Waals surface area contributed by atoms with Gasteiger partial charge in [-0.3, -0.25) is 0 Å². The van der Waals surface area contributed by atoms with Gasteiger partial charge in [0, 0.05) is 13.5 Å². The average Bonchev–Trinajstić information content (AvgIpc) is 2.09. The van der Waals surface area contributed by atoms with Gasteiger partial charge in [0.2, 0.25) is 0 Å². The molecular formula is C7H14O5. The summed E-state index contributed by atoms with van der Waals surface area (Å²) in [6.45, 7) is -0.177. The van der Waals surface area contributed by atoms with E-state index >= 15 is 0 Å². The van der Waals surface area contributed by atoms with E-state index in [4.69, 9.17) is 14.6 Å². The van der Waals surface area contributed by atoms with Crippen LogP contribution >= 0.6 is 0 Å². The molecule has 1 saturated heterocycles. The predicted molar refractivity (Wildman–Crippen MR) is 39.4 cm³/mol. The summed E-state index contributed by atoms with van der Waals surface area (Å²) in [5.41, 5.74) is 0. The third kappa shape index (κ3) is 1.94. The second-order valence-electron chi connectivity index (χ2n) is 2.84. The van der Waals surface area contributed by atoms with Gasteiger partial charge in [-0.1, -0.05) is 0 Å². The van der Waals surface area contributed by atoms with Crippen LogP contribution in [0.25, 0.3) is 0 Å². The first-order chi connectivity index (χ1) is 5.69. The summed E-state index contributed by atoms with van der Waals surface area (Å²) in [5.74, 6) is 0. The highest BCUT2D eigenvalue weighted by molar-refractivity contribution is 4.80. The smallest absolute Gasteiger partial charge is 0.186 e. The first kappa shape index (κ1) is 9.88. The molecular weight excluding hydrogens is 164 g/mol. The highest BCUT2D eigenvalue weighted by atomic mass is 16.7. The molecule has 0 aliphatic carbocycles. The van der Waals surface area contributed by atoms with E-state index in [1.165, 1.54) is 7.11 Å². The minimum Gasteiger partial charge on any atom is -0.394 e. The van der Waals surface area contributed by atoms with E-state index in [-0.39, 0.29) is 13.0 Å². The molecule has 0 aromatic heterocycles. The fourth-order valence-corrected chi connectivity index (χ4v) is 1.23. The molecule has 3 N–H and O–H groups in total. The van der Waals surface area contributed by atoms with E-state index in [0.717, 1.165) is 0 Å². The van der Waals surface area contributed by atoms with Gasteiger partial charge < -0.3 is 24.8 Å². The Balaban J connectivity index is 2.52. The molecule has 5 nitrogen and oxygen atoms in total. The van der Waals surface area contributed by atoms with Crippen molar-refractivity contribution in [1.29, 1.82) is 0 Å². The van der Waals surface area contributed by atoms with Crippen LogP contribution in [0.15, 0.2) is 0 Å². The van der Waals surface area contributed by atoms with Crippen molar-refractivity contribution >= 4 is 0 Å². The normalized spacial score (nSPS) is 43.0. The van der Waals surface area contributed by atoms with Crippen molar-refractivity contribution in [1.82, 2.24) is 0 Å². The fourth-order valence-electron chi connectivity index (χ4n) is 1.23. The van der Waals surface area contributed by atoms with Crippen molar-refractivity contribution in [2.24, 2.45) is 0 Å². The molecule has 0 amide bonds. The Kier molecular flexibility index (Phi) is 3.42. The van der Waals surface area contributed by atoms with Crippen LogP contribution in [0.3, 0.4) is 0 Å². The molecule has 0 radical (unpaired) electrons. The molecule has 1 fully saturated rings. The standard InChI is InChI=1S/C7H14O5/c1-11-7-6(10)5(9)2-4(3-8)12-7/h4-10H,2-3H2,1H3/t4-,5-,6-,7?/m1/s1. The summed E-state index contributed by atoms with van der Waals surface area (Å²) >= 11 is 0. The lowest BCUT2D eigenvalue weighted by molar-refractivity contribution is -0.262. The number of methoxy groups -OCH3 is 1. The summed E-state index contributed by atoms with van der Waals surface area (Å²) in [7, 11) is 1.38. The molecule has 0 bridgehead atoms. The number of aliphatic hydroxyl groups is 3. The molecule has 1 heterocycles. The van der Waals surface area contributed by atoms with Crippen LogP contribution in [-0.4, -0.2) is 53.6 Å². The number of rotatable bonds is 2. The highest BCUT2D eigenvalue weighted by Gasteiger charge is 2.36. The van der Waals surface area contributed by atoms with E-state index in [1.54, 1.807) is 0 Å². The Labute approximate surface area is 70.5 Å². The molecule has 1 unspecified atom stereocenters. The molecule has 0 aromatic carbocycles. The molecule has 1 aliphatic rings. The summed E-state index contributed by atoms with van der Waals surface area (Å²) in [6.07, 6.45) is -2.98. The van der Waals surface area contributed by atoms with Crippen molar-refractivity contribution in [3.05, 3.63) is 0 Å². The van der Waals surface area contributed by atoms with Crippen LogP contribution in [0.2, 0.25) is 0 Å². The van der Waals surface area contributed by atoms with E-state index in [9.17, 15) is 10.2 Å². The van der Waals surface area contributed by atoms with Crippen molar-refractivity contribution in [3.8, 4) is 0 Å². The van der Waals surface area contributed by atoms with E-state index < -0.39 is 24.6 Å². The largest absolute Gasteiger partial charge is 0.394 e. The van der Waals surface area contributed by atoms with E-state index in [2.05, 4.69) is 0 Å². The van der Waals surface area contributed by atoms with Crippen LogP contribution in [0, 0.1) is 0 Å². The lowest BCUT2D eigenvalue weighted by Crippen LogP contribution is -2.49. The molecule has 4 atom stereocenters. The predicted octanol–water partition coefficient (Wildman–Crippen LogP) is -1.54. The Morgan fingerprint density at radius 2 is 2.17 bits per heavy atom. The average molecular weight is 178 g/mol. The Bertz CT molecular complexity index is 140. The van der Waals surface area contributed by atoms with Gasteiger partial charge in [0.05, 0.1) is 18.8 Å². The summed E-state index contributed by atoms with van der Waals surface area (Å²) < 4.78 is 9.85. The van der Waals surface area contributed by atoms with Crippen molar-refractivity contribution in [2.45, 2.75) is 31.0 Å². The molecule has 12 heavy (non-hydrogen) atoms. The first-order valence-corrected chi connectivity index (χ1v) is 3.84. The molecule has 5 heteroatoms. The first-order valence-electron chi connectivity index (χ1n) is 3.84. The van der Waals surface area contributed by atoms with Crippen molar-refractivity contribution < 1.29 is 24.8 Å². The molecule has 0 spiro atoms. The molecule has 1 aliphatic heterocycles. The van der Waals surface area contributed by atoms with Crippen LogP contribution < -0.4 is 0 Å². The van der Waals surface area contributed by atoms with Crippen LogP contribution in [-0.2, 0) is 9.47 Å². The lowest BCUT2D eigenvalue weighted by atomic mass is 10.0. The molecule has 1 rings (SSSR count). The van der Waals surface area contributed by atoms with Gasteiger partial charge in [-0.25, -0.2) is 0 Å². The van der Waals surface area contributed by atoms with Crippen molar-refractivity contribution in [3.63, 3.8) is 0 Å². The van der Waals surface area contributed by atoms with Gasteiger partial charge in [-0.05, 0) is 0 Å². The van der Waals surface area contributed by atoms with Gasteiger partial charge in [0.25, 0.3) is 0 Å². The van der Waals surface area contributed by atoms with Crippen LogP contribution in [0.4, 0.5) is 0 Å². The zero-order valence-corrected chi connectivity index (χ0v) is 6.88. The SMILES string of the molecule is COC1O[C@@H](CO)C[C@@H](O)[C@H]1O. The van der Waals surface area contributed by atoms with E-state index in [1.807, 2.05) is 0 Å². The van der Waals surface area contributed by atoms with Crippen LogP contribution in [0.1, 0.15) is 6.42 Å². The minimum atomic E-state index is -1.03. The zero-order chi connectivity index (χ0) is 9.14. The zero-order valence-electron chi connectivity index (χ0n) is 6.88. The fraction of sp³-hybridized carbons (Fsp3) is 1.00. The van der Waals surface area contributed by atoms with Crippen molar-refractivity contribution in [2.75, 3.05) is 13.7 Å². The number of hydrogen-bond donors (Lipinski definition) is 3. The summed E-state index contributed by atoms with van der Waals surface area (Å²) in [5, 5.41) is 27.3. The maximum absolute atomic E-state index is 9.27. The highest BCUT2D eigenvalue weighted by Crippen LogP contribution is 2.20. The number of aliphatic hydroxyl groups excluding tert-OH is 3. The molecule has 0 aromatic rings. The Hall–Kier alpha value is -0.200. The maximum Gasteiger partial charge on any atom is 0.186 e. The number of ether oxygens (including phenoxy) is 2. The topological polar surface area (TPSA) is 79.2 Å². The quantitative estimate of drug-likeness (QED) is 0.477. The maximum atomic E-state index is 9.27.